The summed E-state index contributed by atoms with van der Waals surface area (Å²) in [7, 11) is 0. The van der Waals surface area contributed by atoms with Crippen LogP contribution >= 0.6 is 0 Å². The Morgan fingerprint density at radius 1 is 1.14 bits per heavy atom. The lowest BCUT2D eigenvalue weighted by molar-refractivity contribution is -0.0497. The van der Waals surface area contributed by atoms with Crippen LogP contribution in [0.2, 0.25) is 0 Å². The molecule has 0 aromatic heterocycles. The molecular formula is C19H31NO. The molecule has 0 radical (unpaired) electrons. The van der Waals surface area contributed by atoms with E-state index < -0.39 is 0 Å². The lowest BCUT2D eigenvalue weighted by Crippen LogP contribution is -2.31. The van der Waals surface area contributed by atoms with Crippen LogP contribution in [0.4, 0.5) is 0 Å². The van der Waals surface area contributed by atoms with Gasteiger partial charge in [-0.3, -0.25) is 0 Å². The fraction of sp³-hybridized carbons (Fsp3) is 0.684. The molecule has 2 nitrogen and oxygen atoms in total. The van der Waals surface area contributed by atoms with Crippen LogP contribution < -0.4 is 5.32 Å². The van der Waals surface area contributed by atoms with Crippen molar-refractivity contribution in [1.29, 1.82) is 0 Å². The Balaban J connectivity index is 2.07. The predicted molar refractivity (Wildman–Crippen MR) is 89.5 cm³/mol. The van der Waals surface area contributed by atoms with Crippen LogP contribution in [0.5, 0.6) is 0 Å². The Bertz CT molecular complexity index is 421. The van der Waals surface area contributed by atoms with E-state index in [1.54, 1.807) is 0 Å². The zero-order valence-electron chi connectivity index (χ0n) is 14.1. The second kappa shape index (κ2) is 7.95. The van der Waals surface area contributed by atoms with Gasteiger partial charge in [-0.05, 0) is 55.7 Å². The molecule has 1 aromatic carbocycles. The topological polar surface area (TPSA) is 21.3 Å². The van der Waals surface area contributed by atoms with Crippen molar-refractivity contribution < 1.29 is 4.74 Å². The van der Waals surface area contributed by atoms with Gasteiger partial charge in [0.15, 0.2) is 0 Å². The molecule has 118 valence electrons. The summed E-state index contributed by atoms with van der Waals surface area (Å²) in [5.74, 6) is 1.57. The third-order valence-electron chi connectivity index (χ3n) is 4.61. The van der Waals surface area contributed by atoms with Gasteiger partial charge in [0, 0.05) is 6.54 Å². The molecule has 1 aliphatic carbocycles. The molecule has 0 heterocycles. The first-order valence-corrected chi connectivity index (χ1v) is 8.51. The van der Waals surface area contributed by atoms with Crippen molar-refractivity contribution in [2.45, 2.75) is 59.2 Å². The van der Waals surface area contributed by atoms with Crippen LogP contribution in [0.15, 0.2) is 24.3 Å². The molecule has 1 N–H and O–H groups in total. The minimum atomic E-state index is 0.175. The van der Waals surface area contributed by atoms with E-state index in [2.05, 4.69) is 57.3 Å². The number of rotatable bonds is 6. The maximum absolute atomic E-state index is 6.54. The van der Waals surface area contributed by atoms with E-state index in [0.29, 0.717) is 6.10 Å². The second-order valence-corrected chi connectivity index (χ2v) is 6.83. The molecule has 0 bridgehead atoms. The summed E-state index contributed by atoms with van der Waals surface area (Å²) in [4.78, 5) is 0. The Hall–Kier alpha value is -0.860. The van der Waals surface area contributed by atoms with Gasteiger partial charge in [-0.15, -0.1) is 0 Å². The maximum Gasteiger partial charge on any atom is 0.0955 e. The highest BCUT2D eigenvalue weighted by Crippen LogP contribution is 2.33. The van der Waals surface area contributed by atoms with Crippen molar-refractivity contribution in [2.24, 2.45) is 11.8 Å². The second-order valence-electron chi connectivity index (χ2n) is 6.83. The van der Waals surface area contributed by atoms with Crippen molar-refractivity contribution >= 4 is 0 Å². The number of likely N-dealkylation sites (N-methyl/N-ethyl adjacent to an activating group) is 1. The standard InChI is InChI=1S/C19H31NO/c1-5-20-13-19(18-9-7-6-8-16(18)4)21-17-11-14(2)10-15(3)12-17/h6-9,14-15,17,19-20H,5,10-13H2,1-4H3. The largest absolute Gasteiger partial charge is 0.369 e. The van der Waals surface area contributed by atoms with Crippen LogP contribution in [0.25, 0.3) is 0 Å². The van der Waals surface area contributed by atoms with Crippen molar-refractivity contribution in [3.8, 4) is 0 Å². The Morgan fingerprint density at radius 2 is 1.81 bits per heavy atom. The minimum Gasteiger partial charge on any atom is -0.369 e. The van der Waals surface area contributed by atoms with Crippen molar-refractivity contribution in [3.63, 3.8) is 0 Å². The zero-order valence-corrected chi connectivity index (χ0v) is 14.1. The van der Waals surface area contributed by atoms with Gasteiger partial charge in [-0.25, -0.2) is 0 Å². The third kappa shape index (κ3) is 4.82. The van der Waals surface area contributed by atoms with Gasteiger partial charge in [0.25, 0.3) is 0 Å². The third-order valence-corrected chi connectivity index (χ3v) is 4.61. The van der Waals surface area contributed by atoms with Gasteiger partial charge in [0.2, 0.25) is 0 Å². The van der Waals surface area contributed by atoms with E-state index in [1.165, 1.54) is 30.4 Å². The lowest BCUT2D eigenvalue weighted by Gasteiger charge is -2.34. The number of aryl methyl sites for hydroxylation is 1. The predicted octanol–water partition coefficient (Wildman–Crippen LogP) is 4.49. The van der Waals surface area contributed by atoms with E-state index in [0.717, 1.165) is 24.9 Å². The normalized spacial score (nSPS) is 27.5. The van der Waals surface area contributed by atoms with Gasteiger partial charge in [-0.2, -0.15) is 0 Å². The smallest absolute Gasteiger partial charge is 0.0955 e. The summed E-state index contributed by atoms with van der Waals surface area (Å²) < 4.78 is 6.54. The maximum atomic E-state index is 6.54. The minimum absolute atomic E-state index is 0.175. The van der Waals surface area contributed by atoms with E-state index >= 15 is 0 Å². The molecular weight excluding hydrogens is 258 g/mol. The zero-order chi connectivity index (χ0) is 15.2. The highest BCUT2D eigenvalue weighted by atomic mass is 16.5. The Morgan fingerprint density at radius 3 is 2.43 bits per heavy atom. The van der Waals surface area contributed by atoms with Gasteiger partial charge in [0.1, 0.15) is 0 Å². The van der Waals surface area contributed by atoms with Crippen molar-refractivity contribution in [3.05, 3.63) is 35.4 Å². The molecule has 0 amide bonds. The molecule has 1 saturated carbocycles. The van der Waals surface area contributed by atoms with E-state index in [9.17, 15) is 0 Å². The summed E-state index contributed by atoms with van der Waals surface area (Å²) in [6.45, 7) is 10.9. The Kier molecular flexibility index (Phi) is 6.25. The molecule has 3 atom stereocenters. The highest BCUT2D eigenvalue weighted by Gasteiger charge is 2.27. The molecule has 21 heavy (non-hydrogen) atoms. The SMILES string of the molecule is CCNCC(OC1CC(C)CC(C)C1)c1ccccc1C. The molecule has 0 saturated heterocycles. The first kappa shape index (κ1) is 16.5. The fourth-order valence-electron chi connectivity index (χ4n) is 3.67. The molecule has 1 aromatic rings. The van der Waals surface area contributed by atoms with Crippen LogP contribution in [0.1, 0.15) is 57.3 Å². The molecule has 1 aliphatic rings. The molecule has 0 spiro atoms. The lowest BCUT2D eigenvalue weighted by atomic mass is 9.81. The average Bonchev–Trinajstić information content (AvgIpc) is 2.43. The summed E-state index contributed by atoms with van der Waals surface area (Å²) >= 11 is 0. The number of hydrogen-bond acceptors (Lipinski definition) is 2. The number of ether oxygens (including phenoxy) is 1. The van der Waals surface area contributed by atoms with Crippen molar-refractivity contribution in [2.75, 3.05) is 13.1 Å². The molecule has 3 unspecified atom stereocenters. The van der Waals surface area contributed by atoms with Crippen LogP contribution in [-0.4, -0.2) is 19.2 Å². The first-order valence-electron chi connectivity index (χ1n) is 8.51. The Labute approximate surface area is 130 Å². The van der Waals surface area contributed by atoms with Crippen LogP contribution in [0, 0.1) is 18.8 Å². The van der Waals surface area contributed by atoms with Gasteiger partial charge < -0.3 is 10.1 Å². The molecule has 0 aliphatic heterocycles. The van der Waals surface area contributed by atoms with E-state index in [4.69, 9.17) is 4.74 Å². The van der Waals surface area contributed by atoms with Crippen molar-refractivity contribution in [1.82, 2.24) is 5.32 Å². The summed E-state index contributed by atoms with van der Waals surface area (Å²) in [5.41, 5.74) is 2.67. The first-order chi connectivity index (χ1) is 10.1. The summed E-state index contributed by atoms with van der Waals surface area (Å²) in [6.07, 6.45) is 4.35. The number of nitrogens with one attached hydrogen (secondary N) is 1. The molecule has 2 rings (SSSR count). The van der Waals surface area contributed by atoms with E-state index in [-0.39, 0.29) is 6.10 Å². The van der Waals surface area contributed by atoms with Gasteiger partial charge in [0.05, 0.1) is 12.2 Å². The fourth-order valence-corrected chi connectivity index (χ4v) is 3.67. The summed E-state index contributed by atoms with van der Waals surface area (Å²) in [6, 6.07) is 8.63. The van der Waals surface area contributed by atoms with Gasteiger partial charge >= 0.3 is 0 Å². The average molecular weight is 289 g/mol. The summed E-state index contributed by atoms with van der Waals surface area (Å²) in [5, 5.41) is 3.46. The van der Waals surface area contributed by atoms with E-state index in [1.807, 2.05) is 0 Å². The molecule has 2 heteroatoms. The van der Waals surface area contributed by atoms with Gasteiger partial charge in [-0.1, -0.05) is 45.0 Å². The quantitative estimate of drug-likeness (QED) is 0.833. The monoisotopic (exact) mass is 289 g/mol. The highest BCUT2D eigenvalue weighted by molar-refractivity contribution is 5.28. The number of hydrogen-bond donors (Lipinski definition) is 1. The van der Waals surface area contributed by atoms with Crippen LogP contribution in [-0.2, 0) is 4.74 Å². The molecule has 1 fully saturated rings. The van der Waals surface area contributed by atoms with Crippen LogP contribution in [0.3, 0.4) is 0 Å². The number of benzene rings is 1.